The minimum Gasteiger partial charge on any atom is -0.481 e. The van der Waals surface area contributed by atoms with E-state index in [2.05, 4.69) is 0 Å². The summed E-state index contributed by atoms with van der Waals surface area (Å²) in [5.74, 6) is 0.0937. The van der Waals surface area contributed by atoms with Crippen molar-refractivity contribution in [2.75, 3.05) is 6.61 Å². The molecule has 0 radical (unpaired) electrons. The van der Waals surface area contributed by atoms with Gasteiger partial charge in [0.05, 0.1) is 0 Å². The first kappa shape index (κ1) is 17.5. The van der Waals surface area contributed by atoms with Crippen LogP contribution in [0.3, 0.4) is 0 Å². The lowest BCUT2D eigenvalue weighted by Gasteiger charge is -2.20. The molecule has 0 spiro atoms. The van der Waals surface area contributed by atoms with E-state index in [4.69, 9.17) is 13.9 Å². The predicted octanol–water partition coefficient (Wildman–Crippen LogP) is 3.70. The fourth-order valence-corrected chi connectivity index (χ4v) is 3.29. The Kier molecular flexibility index (Phi) is 4.58. The zero-order chi connectivity index (χ0) is 18.2. The number of carbonyl (C=O) groups excluding carboxylic acids is 1. The summed E-state index contributed by atoms with van der Waals surface area (Å²) >= 11 is 0. The van der Waals surface area contributed by atoms with Crippen molar-refractivity contribution < 1.29 is 18.7 Å². The number of esters is 1. The van der Waals surface area contributed by atoms with Crippen molar-refractivity contribution in [2.45, 2.75) is 59.0 Å². The second kappa shape index (κ2) is 6.54. The van der Waals surface area contributed by atoms with Crippen LogP contribution in [0.1, 0.15) is 50.3 Å². The largest absolute Gasteiger partial charge is 0.481 e. The number of hydrogen-bond donors (Lipinski definition) is 0. The molecule has 5 heteroatoms. The Morgan fingerprint density at radius 1 is 1.16 bits per heavy atom. The predicted molar refractivity (Wildman–Crippen MR) is 95.2 cm³/mol. The third kappa shape index (κ3) is 3.70. The molecule has 0 unspecified atom stereocenters. The highest BCUT2D eigenvalue weighted by atomic mass is 16.6. The number of aryl methyl sites for hydroxylation is 2. The summed E-state index contributed by atoms with van der Waals surface area (Å²) in [5, 5.41) is 0.969. The molecule has 0 saturated heterocycles. The van der Waals surface area contributed by atoms with Crippen LogP contribution >= 0.6 is 0 Å². The third-order valence-electron chi connectivity index (χ3n) is 4.36. The highest BCUT2D eigenvalue weighted by Gasteiger charge is 2.21. The Balaban J connectivity index is 1.90. The van der Waals surface area contributed by atoms with E-state index in [0.717, 1.165) is 47.8 Å². The van der Waals surface area contributed by atoms with Gasteiger partial charge in [0.2, 0.25) is 0 Å². The Morgan fingerprint density at radius 2 is 1.84 bits per heavy atom. The van der Waals surface area contributed by atoms with Gasteiger partial charge >= 0.3 is 11.6 Å². The Bertz CT molecular complexity index is 870. The molecule has 1 aliphatic rings. The van der Waals surface area contributed by atoms with Gasteiger partial charge in [-0.3, -0.25) is 0 Å². The smallest absolute Gasteiger partial charge is 0.344 e. The van der Waals surface area contributed by atoms with E-state index in [9.17, 15) is 9.59 Å². The van der Waals surface area contributed by atoms with E-state index in [0.29, 0.717) is 11.3 Å². The van der Waals surface area contributed by atoms with E-state index < -0.39 is 11.6 Å². The van der Waals surface area contributed by atoms with Crippen molar-refractivity contribution in [1.82, 2.24) is 0 Å². The minimum absolute atomic E-state index is 0.182. The van der Waals surface area contributed by atoms with Gasteiger partial charge in [-0.25, -0.2) is 9.59 Å². The maximum absolute atomic E-state index is 12.3. The zero-order valence-corrected chi connectivity index (χ0v) is 15.2. The number of rotatable bonds is 3. The summed E-state index contributed by atoms with van der Waals surface area (Å²) in [6.45, 7) is 7.08. The molecule has 1 aromatic carbocycles. The lowest BCUT2D eigenvalue weighted by molar-refractivity contribution is -0.157. The first-order valence-electron chi connectivity index (χ1n) is 8.69. The van der Waals surface area contributed by atoms with Gasteiger partial charge in [-0.1, -0.05) is 0 Å². The molecule has 0 aliphatic heterocycles. The quantitative estimate of drug-likeness (QED) is 0.627. The van der Waals surface area contributed by atoms with Crippen LogP contribution in [-0.2, 0) is 22.4 Å². The van der Waals surface area contributed by atoms with Crippen molar-refractivity contribution in [3.05, 3.63) is 39.2 Å². The van der Waals surface area contributed by atoms with Crippen LogP contribution in [0.2, 0.25) is 0 Å². The van der Waals surface area contributed by atoms with Gasteiger partial charge in [-0.05, 0) is 71.1 Å². The summed E-state index contributed by atoms with van der Waals surface area (Å²) in [5.41, 5.74) is 2.37. The number of ether oxygens (including phenoxy) is 2. The lowest BCUT2D eigenvalue weighted by atomic mass is 9.90. The molecule has 1 heterocycles. The van der Waals surface area contributed by atoms with Gasteiger partial charge in [0.1, 0.15) is 16.9 Å². The van der Waals surface area contributed by atoms with Crippen molar-refractivity contribution in [3.63, 3.8) is 0 Å². The standard InChI is InChI=1S/C20H24O5/c1-12-16(23-11-17(21)25-20(2,3)4)10-9-14-13-7-5-6-8-15(13)19(22)24-18(12)14/h9-10H,5-8,11H2,1-4H3. The number of carbonyl (C=O) groups is 1. The number of benzene rings is 1. The van der Waals surface area contributed by atoms with Gasteiger partial charge in [-0.15, -0.1) is 0 Å². The van der Waals surface area contributed by atoms with E-state index >= 15 is 0 Å². The summed E-state index contributed by atoms with van der Waals surface area (Å²) < 4.78 is 16.4. The molecule has 0 N–H and O–H groups in total. The van der Waals surface area contributed by atoms with Crippen LogP contribution in [0.5, 0.6) is 5.75 Å². The second-order valence-electron chi connectivity index (χ2n) is 7.49. The van der Waals surface area contributed by atoms with Gasteiger partial charge in [0.25, 0.3) is 0 Å². The van der Waals surface area contributed by atoms with Crippen molar-refractivity contribution >= 4 is 16.9 Å². The van der Waals surface area contributed by atoms with Gasteiger partial charge in [0.15, 0.2) is 6.61 Å². The monoisotopic (exact) mass is 344 g/mol. The highest BCUT2D eigenvalue weighted by Crippen LogP contribution is 2.32. The molecular formula is C20H24O5. The molecule has 0 amide bonds. The van der Waals surface area contributed by atoms with Gasteiger partial charge in [-0.2, -0.15) is 0 Å². The minimum atomic E-state index is -0.551. The molecule has 134 valence electrons. The highest BCUT2D eigenvalue weighted by molar-refractivity contribution is 5.86. The molecule has 3 rings (SSSR count). The average Bonchev–Trinajstić information content (AvgIpc) is 2.54. The van der Waals surface area contributed by atoms with Crippen LogP contribution in [-0.4, -0.2) is 18.2 Å². The Hall–Kier alpha value is -2.30. The summed E-state index contributed by atoms with van der Waals surface area (Å²) in [7, 11) is 0. The molecule has 5 nitrogen and oxygen atoms in total. The fourth-order valence-electron chi connectivity index (χ4n) is 3.29. The summed E-state index contributed by atoms with van der Waals surface area (Å²) in [4.78, 5) is 24.1. The van der Waals surface area contributed by atoms with Crippen LogP contribution in [0.25, 0.3) is 11.0 Å². The van der Waals surface area contributed by atoms with E-state index in [1.807, 2.05) is 39.8 Å². The molecule has 0 atom stereocenters. The van der Waals surface area contributed by atoms with Gasteiger partial charge < -0.3 is 13.9 Å². The molecule has 25 heavy (non-hydrogen) atoms. The first-order chi connectivity index (χ1) is 11.8. The number of hydrogen-bond acceptors (Lipinski definition) is 5. The third-order valence-corrected chi connectivity index (χ3v) is 4.36. The Labute approximate surface area is 146 Å². The summed E-state index contributed by atoms with van der Waals surface area (Å²) in [6.07, 6.45) is 3.79. The Morgan fingerprint density at radius 3 is 2.52 bits per heavy atom. The lowest BCUT2D eigenvalue weighted by Crippen LogP contribution is -2.27. The topological polar surface area (TPSA) is 65.7 Å². The van der Waals surface area contributed by atoms with Crippen molar-refractivity contribution in [2.24, 2.45) is 0 Å². The molecule has 2 aromatic rings. The molecular weight excluding hydrogens is 320 g/mol. The first-order valence-corrected chi connectivity index (χ1v) is 8.69. The molecule has 1 aliphatic carbocycles. The van der Waals surface area contributed by atoms with Crippen molar-refractivity contribution in [1.29, 1.82) is 0 Å². The molecule has 0 fully saturated rings. The normalized spacial score (nSPS) is 14.2. The maximum Gasteiger partial charge on any atom is 0.344 e. The van der Waals surface area contributed by atoms with E-state index in [-0.39, 0.29) is 12.2 Å². The number of fused-ring (bicyclic) bond motifs is 3. The summed E-state index contributed by atoms with van der Waals surface area (Å²) in [6, 6.07) is 3.75. The second-order valence-corrected chi connectivity index (χ2v) is 7.49. The van der Waals surface area contributed by atoms with Crippen LogP contribution in [0, 0.1) is 6.92 Å². The molecule has 0 saturated carbocycles. The van der Waals surface area contributed by atoms with Crippen molar-refractivity contribution in [3.8, 4) is 5.75 Å². The molecule has 1 aromatic heterocycles. The zero-order valence-electron chi connectivity index (χ0n) is 15.2. The fraction of sp³-hybridized carbons (Fsp3) is 0.500. The van der Waals surface area contributed by atoms with Crippen LogP contribution in [0.15, 0.2) is 21.3 Å². The average molecular weight is 344 g/mol. The van der Waals surface area contributed by atoms with Crippen LogP contribution < -0.4 is 10.4 Å². The van der Waals surface area contributed by atoms with Gasteiger partial charge in [0, 0.05) is 16.5 Å². The van der Waals surface area contributed by atoms with E-state index in [1.54, 1.807) is 0 Å². The maximum atomic E-state index is 12.3. The molecule has 0 bridgehead atoms. The van der Waals surface area contributed by atoms with Crippen LogP contribution in [0.4, 0.5) is 0 Å². The van der Waals surface area contributed by atoms with E-state index in [1.165, 1.54) is 0 Å². The SMILES string of the molecule is Cc1c(OCC(=O)OC(C)(C)C)ccc2c3c(c(=O)oc12)CCCC3.